The van der Waals surface area contributed by atoms with Gasteiger partial charge in [0.25, 0.3) is 0 Å². The van der Waals surface area contributed by atoms with Gasteiger partial charge in [0, 0.05) is 46.6 Å². The number of hydrogen-bond acceptors (Lipinski definition) is 6. The molecule has 0 amide bonds. The molecule has 37 heavy (non-hydrogen) atoms. The third-order valence-corrected chi connectivity index (χ3v) is 6.72. The minimum absolute atomic E-state index is 0.0590. The van der Waals surface area contributed by atoms with Gasteiger partial charge >= 0.3 is 31.4 Å². The molecule has 3 aliphatic heterocycles. The van der Waals surface area contributed by atoms with Crippen LogP contribution in [0.5, 0.6) is 0 Å². The Labute approximate surface area is 234 Å². The zero-order valence-electron chi connectivity index (χ0n) is 19.2. The Morgan fingerprint density at radius 2 is 1.68 bits per heavy atom. The van der Waals surface area contributed by atoms with Crippen molar-refractivity contribution in [2.24, 2.45) is 27.7 Å². The van der Waals surface area contributed by atoms with Crippen molar-refractivity contribution in [1.29, 1.82) is 0 Å². The summed E-state index contributed by atoms with van der Waals surface area (Å²) in [6.07, 6.45) is 22.0. The van der Waals surface area contributed by atoms with Crippen molar-refractivity contribution in [3.8, 4) is 0 Å². The first-order valence-corrected chi connectivity index (χ1v) is 13.8. The second-order valence-corrected chi connectivity index (χ2v) is 9.99. The van der Waals surface area contributed by atoms with E-state index in [1.807, 2.05) is 42.8 Å². The molecule has 5 aliphatic rings. The molecule has 13 heteroatoms. The molecule has 1 aromatic heterocycles. The average molecular weight is 601 g/mol. The summed E-state index contributed by atoms with van der Waals surface area (Å²) in [5.41, 5.74) is 2.10. The van der Waals surface area contributed by atoms with E-state index < -0.39 is 10.4 Å². The van der Waals surface area contributed by atoms with E-state index in [2.05, 4.69) is 50.7 Å². The summed E-state index contributed by atoms with van der Waals surface area (Å²) in [5, 5.41) is 6.39. The molecule has 0 bridgehead atoms. The van der Waals surface area contributed by atoms with E-state index in [-0.39, 0.29) is 30.0 Å². The number of nitrogens with zero attached hydrogens (tertiary/aromatic N) is 4. The SMILES string of the molecule is ClC1=CC2C=CC[N-]C2C2N=CC=CC12.ClC1=Cc2cccnc2C2N=CC=CC12.O=S(=O)(O)O.[O]=[V]. The van der Waals surface area contributed by atoms with Crippen molar-refractivity contribution < 1.29 is 38.6 Å². The zero-order chi connectivity index (χ0) is 27.0. The standard InChI is InChI=1S/C12H12ClN2.C12H9ClN2.H2O4S.O.V/c2*13-10-7-8-3-1-5-14-11(8)12-9(10)4-2-6-15-12;1-5(2,3)4;;/h1-4,6-9,11-12H,5H2;1-7,9,12H;(H2,1,2,3,4);;/q-1;;;;. The van der Waals surface area contributed by atoms with Crippen molar-refractivity contribution in [3.05, 3.63) is 87.5 Å². The van der Waals surface area contributed by atoms with Gasteiger partial charge < -0.3 is 5.32 Å². The molecule has 0 spiro atoms. The van der Waals surface area contributed by atoms with Crippen LogP contribution in [0.25, 0.3) is 11.4 Å². The van der Waals surface area contributed by atoms with Gasteiger partial charge in [-0.3, -0.25) is 24.1 Å². The van der Waals surface area contributed by atoms with Crippen LogP contribution in [0.3, 0.4) is 0 Å². The fourth-order valence-corrected chi connectivity index (χ4v) is 5.20. The minimum atomic E-state index is -4.67. The molecule has 1 aromatic rings. The van der Waals surface area contributed by atoms with Crippen LogP contribution < -0.4 is 0 Å². The number of aliphatic imine (C=N–C) groups is 2. The monoisotopic (exact) mass is 600 g/mol. The number of allylic oxidation sites excluding steroid dienone is 2. The number of hydrogen-bond donors (Lipinski definition) is 2. The quantitative estimate of drug-likeness (QED) is 0.321. The Morgan fingerprint density at radius 3 is 2.41 bits per heavy atom. The molecule has 6 atom stereocenters. The Hall–Kier alpha value is -2.02. The van der Waals surface area contributed by atoms with Crippen molar-refractivity contribution in [2.75, 3.05) is 6.54 Å². The van der Waals surface area contributed by atoms with Crippen molar-refractivity contribution in [3.63, 3.8) is 0 Å². The predicted octanol–water partition coefficient (Wildman–Crippen LogP) is 4.88. The molecule has 9 nitrogen and oxygen atoms in total. The first-order chi connectivity index (χ1) is 17.7. The summed E-state index contributed by atoms with van der Waals surface area (Å²) in [5.74, 6) is 0.753. The maximum absolute atomic E-state index is 8.74. The Morgan fingerprint density at radius 1 is 1.00 bits per heavy atom. The van der Waals surface area contributed by atoms with Gasteiger partial charge in [0.05, 0.1) is 5.69 Å². The Kier molecular flexibility index (Phi) is 10.9. The van der Waals surface area contributed by atoms with Gasteiger partial charge in [-0.05, 0) is 35.8 Å². The van der Waals surface area contributed by atoms with Crippen LogP contribution in [-0.2, 0) is 31.4 Å². The van der Waals surface area contributed by atoms with E-state index in [0.29, 0.717) is 5.92 Å². The number of pyridine rings is 1. The summed E-state index contributed by atoms with van der Waals surface area (Å²) in [6.45, 7) is 0.815. The molecule has 0 radical (unpaired) electrons. The molecule has 195 valence electrons. The molecule has 0 aromatic carbocycles. The van der Waals surface area contributed by atoms with Crippen LogP contribution in [0, 0.1) is 17.8 Å². The fraction of sp³-hybridized carbons (Fsp3) is 0.292. The van der Waals surface area contributed by atoms with Crippen LogP contribution >= 0.6 is 23.2 Å². The maximum atomic E-state index is 8.74. The molecule has 6 rings (SSSR count). The molecule has 6 unspecified atom stereocenters. The molecule has 2 N–H and O–H groups in total. The first-order valence-electron chi connectivity index (χ1n) is 11.0. The number of halogens is 2. The molecule has 0 fully saturated rings. The van der Waals surface area contributed by atoms with Crippen molar-refractivity contribution >= 4 is 52.1 Å². The van der Waals surface area contributed by atoms with Gasteiger partial charge in [0.1, 0.15) is 6.04 Å². The topological polar surface area (TPSA) is 143 Å². The van der Waals surface area contributed by atoms with Gasteiger partial charge in [-0.2, -0.15) is 8.42 Å². The summed E-state index contributed by atoms with van der Waals surface area (Å²) in [4.78, 5) is 13.4. The summed E-state index contributed by atoms with van der Waals surface area (Å²) >= 11 is 13.6. The molecule has 0 saturated carbocycles. The molecule has 2 aliphatic carbocycles. The third-order valence-electron chi connectivity index (χ3n) is 5.98. The number of fused-ring (bicyclic) bond motifs is 6. The van der Waals surface area contributed by atoms with Crippen LogP contribution in [-0.4, -0.2) is 53.6 Å². The van der Waals surface area contributed by atoms with Crippen LogP contribution in [0.2, 0.25) is 0 Å². The van der Waals surface area contributed by atoms with Gasteiger partial charge in [-0.25, -0.2) is 0 Å². The van der Waals surface area contributed by atoms with Crippen molar-refractivity contribution in [1.82, 2.24) is 4.98 Å². The Bertz CT molecular complexity index is 1290. The number of aromatic nitrogens is 1. The molecule has 0 saturated heterocycles. The summed E-state index contributed by atoms with van der Waals surface area (Å²) < 4.78 is 39.8. The van der Waals surface area contributed by atoms with Gasteiger partial charge in [-0.15, -0.1) is 18.7 Å². The predicted molar refractivity (Wildman–Crippen MR) is 140 cm³/mol. The number of dihydropyridines is 2. The molecule has 4 heterocycles. The average Bonchev–Trinajstić information content (AvgIpc) is 2.90. The number of rotatable bonds is 0. The Balaban J connectivity index is 0.000000166. The summed E-state index contributed by atoms with van der Waals surface area (Å²) in [7, 11) is -4.67. The second-order valence-electron chi connectivity index (χ2n) is 8.22. The van der Waals surface area contributed by atoms with Gasteiger partial charge in [-0.1, -0.05) is 53.6 Å². The fourth-order valence-electron chi connectivity index (χ4n) is 4.54. The van der Waals surface area contributed by atoms with Crippen molar-refractivity contribution in [2.45, 2.75) is 18.1 Å². The van der Waals surface area contributed by atoms with E-state index in [9.17, 15) is 0 Å². The van der Waals surface area contributed by atoms with Crippen LogP contribution in [0.1, 0.15) is 17.3 Å². The molecular formula is C24H23Cl2N4O5SV-. The van der Waals surface area contributed by atoms with E-state index in [1.165, 1.54) is 0 Å². The van der Waals surface area contributed by atoms with E-state index in [4.69, 9.17) is 44.4 Å². The summed E-state index contributed by atoms with van der Waals surface area (Å²) in [6, 6.07) is 4.49. The van der Waals surface area contributed by atoms with Crippen LogP contribution in [0.4, 0.5) is 0 Å². The van der Waals surface area contributed by atoms with Gasteiger partial charge in [0.15, 0.2) is 0 Å². The van der Waals surface area contributed by atoms with E-state index in [0.717, 1.165) is 45.2 Å². The van der Waals surface area contributed by atoms with Crippen LogP contribution in [0.15, 0.2) is 80.9 Å². The third kappa shape index (κ3) is 7.98. The van der Waals surface area contributed by atoms with Gasteiger partial charge in [0.2, 0.25) is 0 Å². The molecular weight excluding hydrogens is 578 g/mol. The zero-order valence-corrected chi connectivity index (χ0v) is 22.9. The normalized spacial score (nSPS) is 29.6. The first kappa shape index (κ1) is 29.5. The van der Waals surface area contributed by atoms with E-state index in [1.54, 1.807) is 6.20 Å². The van der Waals surface area contributed by atoms with E-state index >= 15 is 0 Å². The second kappa shape index (κ2) is 13.7.